The molecule has 0 aromatic carbocycles. The third-order valence-corrected chi connectivity index (χ3v) is 6.73. The van der Waals surface area contributed by atoms with Gasteiger partial charge < -0.3 is 0 Å². The Hall–Kier alpha value is -2.04. The Morgan fingerprint density at radius 1 is 1.31 bits per heavy atom. The fourth-order valence-electron chi connectivity index (χ4n) is 2.64. The molecular weight excluding hydrogens is 388 g/mol. The lowest BCUT2D eigenvalue weighted by Gasteiger charge is -2.07. The molecule has 10 heteroatoms. The van der Waals surface area contributed by atoms with Crippen molar-refractivity contribution in [3.8, 4) is 10.4 Å². The van der Waals surface area contributed by atoms with Crippen LogP contribution in [0.3, 0.4) is 0 Å². The van der Waals surface area contributed by atoms with Gasteiger partial charge in [-0.3, -0.25) is 9.36 Å². The number of thiophene rings is 2. The number of aryl methyl sites for hydroxylation is 1. The molecule has 0 bridgehead atoms. The summed E-state index contributed by atoms with van der Waals surface area (Å²) in [5.41, 5.74) is 0.951. The van der Waals surface area contributed by atoms with Gasteiger partial charge >= 0.3 is 0 Å². The maximum absolute atomic E-state index is 12.9. The molecule has 0 radical (unpaired) electrons. The molecule has 7 nitrogen and oxygen atoms in total. The molecule has 0 aliphatic heterocycles. The average molecular weight is 405 g/mol. The molecule has 4 heterocycles. The Morgan fingerprint density at radius 2 is 2.19 bits per heavy atom. The van der Waals surface area contributed by atoms with Crippen molar-refractivity contribution >= 4 is 44.7 Å². The summed E-state index contributed by atoms with van der Waals surface area (Å²) in [5.74, 6) is 1.36. The fraction of sp³-hybridized carbons (Fsp3) is 0.312. The van der Waals surface area contributed by atoms with E-state index in [-0.39, 0.29) is 5.56 Å². The third kappa shape index (κ3) is 3.08. The van der Waals surface area contributed by atoms with Gasteiger partial charge in [-0.25, -0.2) is 9.67 Å². The monoisotopic (exact) mass is 404 g/mol. The summed E-state index contributed by atoms with van der Waals surface area (Å²) in [7, 11) is 1.77. The molecule has 0 aliphatic rings. The Morgan fingerprint density at radius 3 is 2.96 bits per heavy atom. The molecular formula is C16H16N6OS3. The smallest absolute Gasteiger partial charge is 0.263 e. The van der Waals surface area contributed by atoms with E-state index in [9.17, 15) is 4.79 Å². The predicted molar refractivity (Wildman–Crippen MR) is 106 cm³/mol. The standard InChI is InChI=1S/C16H16N6OS3/c1-3-6-22-12(18-19-20-22)9-26-16-17-14-13(15(23)21(16)2)10(8-25-14)11-5-4-7-24-11/h4-5,7-8H,3,6,9H2,1-2H3. The van der Waals surface area contributed by atoms with Gasteiger partial charge in [0.15, 0.2) is 11.0 Å². The van der Waals surface area contributed by atoms with Crippen molar-refractivity contribution in [2.45, 2.75) is 30.8 Å². The molecule has 0 N–H and O–H groups in total. The SMILES string of the molecule is CCCn1nnnc1CSc1nc2scc(-c3cccs3)c2c(=O)n1C. The molecule has 0 unspecified atom stereocenters. The van der Waals surface area contributed by atoms with Gasteiger partial charge in [0.2, 0.25) is 0 Å². The van der Waals surface area contributed by atoms with Gasteiger partial charge in [-0.05, 0) is 28.3 Å². The molecule has 0 atom stereocenters. The lowest BCUT2D eigenvalue weighted by Crippen LogP contribution is -2.19. The van der Waals surface area contributed by atoms with E-state index in [1.54, 1.807) is 27.6 Å². The highest BCUT2D eigenvalue weighted by Gasteiger charge is 2.17. The number of aromatic nitrogens is 6. The molecule has 0 aliphatic carbocycles. The molecule has 0 amide bonds. The number of tetrazole rings is 1. The van der Waals surface area contributed by atoms with E-state index in [0.717, 1.165) is 34.1 Å². The number of rotatable bonds is 6. The second-order valence-corrected chi connectivity index (χ2v) is 8.42. The zero-order chi connectivity index (χ0) is 18.1. The normalized spacial score (nSPS) is 11.5. The number of thioether (sulfide) groups is 1. The lowest BCUT2D eigenvalue weighted by molar-refractivity contribution is 0.564. The van der Waals surface area contributed by atoms with Crippen molar-refractivity contribution in [2.75, 3.05) is 0 Å². The Labute approximate surface area is 161 Å². The first-order valence-electron chi connectivity index (χ1n) is 8.09. The van der Waals surface area contributed by atoms with E-state index in [2.05, 4.69) is 22.4 Å². The van der Waals surface area contributed by atoms with Crippen molar-refractivity contribution in [2.24, 2.45) is 7.05 Å². The summed E-state index contributed by atoms with van der Waals surface area (Å²) >= 11 is 4.62. The molecule has 134 valence electrons. The average Bonchev–Trinajstić information content (AvgIpc) is 3.37. The number of fused-ring (bicyclic) bond motifs is 1. The minimum absolute atomic E-state index is 0.0182. The van der Waals surface area contributed by atoms with Crippen LogP contribution in [0.15, 0.2) is 32.8 Å². The maximum atomic E-state index is 12.9. The van der Waals surface area contributed by atoms with Crippen LogP contribution in [0.5, 0.6) is 0 Å². The van der Waals surface area contributed by atoms with Gasteiger partial charge in [-0.1, -0.05) is 24.8 Å². The second-order valence-electron chi connectivity index (χ2n) is 5.67. The fourth-order valence-corrected chi connectivity index (χ4v) is 5.34. The highest BCUT2D eigenvalue weighted by Crippen LogP contribution is 2.34. The van der Waals surface area contributed by atoms with Crippen LogP contribution in [0.4, 0.5) is 0 Å². The highest BCUT2D eigenvalue weighted by molar-refractivity contribution is 7.98. The van der Waals surface area contributed by atoms with Gasteiger partial charge in [0, 0.05) is 29.4 Å². The molecule has 4 rings (SSSR count). The molecule has 0 spiro atoms. The summed E-state index contributed by atoms with van der Waals surface area (Å²) in [6.07, 6.45) is 0.964. The molecule has 26 heavy (non-hydrogen) atoms. The summed E-state index contributed by atoms with van der Waals surface area (Å²) < 4.78 is 3.41. The number of hydrogen-bond donors (Lipinski definition) is 0. The van der Waals surface area contributed by atoms with Crippen LogP contribution in [-0.4, -0.2) is 29.8 Å². The van der Waals surface area contributed by atoms with Crippen LogP contribution in [0.1, 0.15) is 19.2 Å². The first-order valence-corrected chi connectivity index (χ1v) is 10.8. The van der Waals surface area contributed by atoms with Crippen molar-refractivity contribution in [1.29, 1.82) is 0 Å². The van der Waals surface area contributed by atoms with Crippen molar-refractivity contribution < 1.29 is 0 Å². The van der Waals surface area contributed by atoms with E-state index in [4.69, 9.17) is 4.98 Å². The molecule has 4 aromatic rings. The second kappa shape index (κ2) is 7.29. The van der Waals surface area contributed by atoms with Crippen molar-refractivity contribution in [1.82, 2.24) is 29.8 Å². The summed E-state index contributed by atoms with van der Waals surface area (Å²) in [6, 6.07) is 4.02. The summed E-state index contributed by atoms with van der Waals surface area (Å²) in [6.45, 7) is 2.86. The van der Waals surface area contributed by atoms with Crippen LogP contribution in [0.2, 0.25) is 0 Å². The van der Waals surface area contributed by atoms with E-state index in [1.807, 2.05) is 22.9 Å². The minimum Gasteiger partial charge on any atom is -0.290 e. The summed E-state index contributed by atoms with van der Waals surface area (Å²) in [5, 5.41) is 17.2. The Kier molecular flexibility index (Phi) is 4.88. The molecule has 0 saturated carbocycles. The van der Waals surface area contributed by atoms with Gasteiger partial charge in [-0.2, -0.15) is 0 Å². The van der Waals surface area contributed by atoms with E-state index >= 15 is 0 Å². The molecule has 0 saturated heterocycles. The largest absolute Gasteiger partial charge is 0.290 e. The van der Waals surface area contributed by atoms with Crippen LogP contribution in [0.25, 0.3) is 20.7 Å². The zero-order valence-electron chi connectivity index (χ0n) is 14.2. The van der Waals surface area contributed by atoms with Crippen molar-refractivity contribution in [3.05, 3.63) is 39.1 Å². The van der Waals surface area contributed by atoms with Crippen molar-refractivity contribution in [3.63, 3.8) is 0 Å². The van der Waals surface area contributed by atoms with Crippen LogP contribution < -0.4 is 5.56 Å². The predicted octanol–water partition coefficient (Wildman–Crippen LogP) is 3.41. The van der Waals surface area contributed by atoms with E-state index in [1.165, 1.54) is 23.1 Å². The first kappa shape index (κ1) is 17.4. The highest BCUT2D eigenvalue weighted by atomic mass is 32.2. The zero-order valence-corrected chi connectivity index (χ0v) is 16.7. The van der Waals surface area contributed by atoms with Gasteiger partial charge in [0.1, 0.15) is 4.83 Å². The van der Waals surface area contributed by atoms with Gasteiger partial charge in [0.25, 0.3) is 5.56 Å². The quantitative estimate of drug-likeness (QED) is 0.362. The van der Waals surface area contributed by atoms with Gasteiger partial charge in [0.05, 0.1) is 11.1 Å². The first-order chi connectivity index (χ1) is 12.7. The summed E-state index contributed by atoms with van der Waals surface area (Å²) in [4.78, 5) is 19.5. The Bertz CT molecular complexity index is 1100. The van der Waals surface area contributed by atoms with Crippen LogP contribution >= 0.6 is 34.4 Å². The maximum Gasteiger partial charge on any atom is 0.263 e. The third-order valence-electron chi connectivity index (χ3n) is 3.93. The topological polar surface area (TPSA) is 78.5 Å². The number of nitrogens with zero attached hydrogens (tertiary/aromatic N) is 6. The van der Waals surface area contributed by atoms with E-state index < -0.39 is 0 Å². The Balaban J connectivity index is 1.68. The molecule has 0 fully saturated rings. The van der Waals surface area contributed by atoms with Crippen LogP contribution in [-0.2, 0) is 19.3 Å². The number of hydrogen-bond acceptors (Lipinski definition) is 8. The lowest BCUT2D eigenvalue weighted by atomic mass is 10.2. The van der Waals surface area contributed by atoms with Crippen LogP contribution in [0, 0.1) is 0 Å². The molecule has 4 aromatic heterocycles. The van der Waals surface area contributed by atoms with Gasteiger partial charge in [-0.15, -0.1) is 27.8 Å². The minimum atomic E-state index is -0.0182. The van der Waals surface area contributed by atoms with E-state index in [0.29, 0.717) is 16.3 Å².